The van der Waals surface area contributed by atoms with Gasteiger partial charge in [0.2, 0.25) is 11.8 Å². The van der Waals surface area contributed by atoms with E-state index in [-0.39, 0.29) is 30.1 Å². The third-order valence-corrected chi connectivity index (χ3v) is 4.17. The van der Waals surface area contributed by atoms with Crippen LogP contribution in [0.25, 0.3) is 0 Å². The molecule has 1 aliphatic heterocycles. The summed E-state index contributed by atoms with van der Waals surface area (Å²) in [7, 11) is 1.95. The quantitative estimate of drug-likeness (QED) is 0.741. The molecule has 1 fully saturated rings. The lowest BCUT2D eigenvalue weighted by Crippen LogP contribution is -2.54. The zero-order valence-electron chi connectivity index (χ0n) is 15.2. The van der Waals surface area contributed by atoms with Crippen molar-refractivity contribution < 1.29 is 9.59 Å². The summed E-state index contributed by atoms with van der Waals surface area (Å²) in [4.78, 5) is 26.8. The normalized spacial score (nSPS) is 19.4. The lowest BCUT2D eigenvalue weighted by Gasteiger charge is -2.36. The third kappa shape index (κ3) is 7.53. The van der Waals surface area contributed by atoms with Crippen LogP contribution in [0.2, 0.25) is 0 Å². The average Bonchev–Trinajstić information content (AvgIpc) is 2.43. The molecule has 23 heavy (non-hydrogen) atoms. The monoisotopic (exact) mass is 347 g/mol. The van der Waals surface area contributed by atoms with E-state index in [1.165, 1.54) is 0 Å². The van der Waals surface area contributed by atoms with E-state index in [4.69, 9.17) is 0 Å². The molecule has 2 N–H and O–H groups in total. The van der Waals surface area contributed by atoms with E-state index in [2.05, 4.69) is 10.6 Å². The lowest BCUT2D eigenvalue weighted by atomic mass is 9.95. The first-order valence-electron chi connectivity index (χ1n) is 8.57. The van der Waals surface area contributed by atoms with E-state index in [1.807, 2.05) is 39.6 Å². The van der Waals surface area contributed by atoms with Gasteiger partial charge < -0.3 is 15.5 Å². The van der Waals surface area contributed by atoms with Crippen LogP contribution in [0.5, 0.6) is 0 Å². The molecule has 1 rings (SSSR count). The molecule has 0 bridgehead atoms. The second-order valence-electron chi connectivity index (χ2n) is 7.24. The van der Waals surface area contributed by atoms with Crippen molar-refractivity contribution in [1.29, 1.82) is 0 Å². The molecular formula is C17H34ClN3O2. The molecule has 136 valence electrons. The lowest BCUT2D eigenvalue weighted by molar-refractivity contribution is -0.139. The Morgan fingerprint density at radius 2 is 1.87 bits per heavy atom. The average molecular weight is 348 g/mol. The molecule has 2 atom stereocenters. The first-order valence-corrected chi connectivity index (χ1v) is 8.57. The van der Waals surface area contributed by atoms with Crippen LogP contribution in [0.4, 0.5) is 0 Å². The van der Waals surface area contributed by atoms with Gasteiger partial charge in [0.1, 0.15) is 6.04 Å². The second-order valence-corrected chi connectivity index (χ2v) is 7.24. The Kier molecular flexibility index (Phi) is 10.5. The molecule has 1 saturated heterocycles. The number of carbonyl (C=O) groups is 2. The number of halogens is 1. The summed E-state index contributed by atoms with van der Waals surface area (Å²) >= 11 is 0. The molecule has 6 heteroatoms. The van der Waals surface area contributed by atoms with E-state index in [1.54, 1.807) is 0 Å². The SMILES string of the molecule is CNCC1CCCN(C(=O)C(NC(=O)CC(C)C)C(C)C)C1.Cl. The Hall–Kier alpha value is -0.810. The topological polar surface area (TPSA) is 61.4 Å². The van der Waals surface area contributed by atoms with Crippen molar-refractivity contribution in [1.82, 2.24) is 15.5 Å². The largest absolute Gasteiger partial charge is 0.344 e. The van der Waals surface area contributed by atoms with Crippen molar-refractivity contribution in [2.45, 2.75) is 53.0 Å². The van der Waals surface area contributed by atoms with Gasteiger partial charge in [-0.1, -0.05) is 27.7 Å². The van der Waals surface area contributed by atoms with E-state index < -0.39 is 6.04 Å². The summed E-state index contributed by atoms with van der Waals surface area (Å²) in [6.07, 6.45) is 2.68. The maximum atomic E-state index is 12.8. The third-order valence-electron chi connectivity index (χ3n) is 4.17. The van der Waals surface area contributed by atoms with Crippen LogP contribution < -0.4 is 10.6 Å². The summed E-state index contributed by atoms with van der Waals surface area (Å²) < 4.78 is 0. The minimum atomic E-state index is -0.403. The summed E-state index contributed by atoms with van der Waals surface area (Å²) in [5.74, 6) is 0.979. The second kappa shape index (κ2) is 10.9. The Bertz CT molecular complexity index is 373. The standard InChI is InChI=1S/C17H33N3O2.ClH/c1-12(2)9-15(21)19-16(13(3)4)17(22)20-8-6-7-14(11-20)10-18-5;/h12-14,16,18H,6-11H2,1-5H3,(H,19,21);1H. The smallest absolute Gasteiger partial charge is 0.245 e. The highest BCUT2D eigenvalue weighted by atomic mass is 35.5. The van der Waals surface area contributed by atoms with Crippen molar-refractivity contribution >= 4 is 24.2 Å². The number of hydrogen-bond acceptors (Lipinski definition) is 3. The number of amides is 2. The molecule has 0 aliphatic carbocycles. The fourth-order valence-electron chi connectivity index (χ4n) is 3.03. The summed E-state index contributed by atoms with van der Waals surface area (Å²) in [5.41, 5.74) is 0. The number of nitrogens with zero attached hydrogens (tertiary/aromatic N) is 1. The fourth-order valence-corrected chi connectivity index (χ4v) is 3.03. The first-order chi connectivity index (χ1) is 10.3. The number of hydrogen-bond donors (Lipinski definition) is 2. The Labute approximate surface area is 147 Å². The highest BCUT2D eigenvalue weighted by molar-refractivity contribution is 5.88. The van der Waals surface area contributed by atoms with Gasteiger partial charge >= 0.3 is 0 Å². The number of nitrogens with one attached hydrogen (secondary N) is 2. The number of likely N-dealkylation sites (tertiary alicyclic amines) is 1. The highest BCUT2D eigenvalue weighted by Crippen LogP contribution is 2.18. The van der Waals surface area contributed by atoms with E-state index in [0.717, 1.165) is 32.5 Å². The first kappa shape index (κ1) is 22.2. The van der Waals surface area contributed by atoms with Crippen molar-refractivity contribution in [3.8, 4) is 0 Å². The highest BCUT2D eigenvalue weighted by Gasteiger charge is 2.31. The number of carbonyl (C=O) groups excluding carboxylic acids is 2. The van der Waals surface area contributed by atoms with Gasteiger partial charge in [0.25, 0.3) is 0 Å². The van der Waals surface area contributed by atoms with E-state index >= 15 is 0 Å². The van der Waals surface area contributed by atoms with Gasteiger partial charge in [-0.15, -0.1) is 12.4 Å². The molecule has 0 saturated carbocycles. The number of piperidine rings is 1. The summed E-state index contributed by atoms with van der Waals surface area (Å²) in [5, 5.41) is 6.14. The molecular weight excluding hydrogens is 314 g/mol. The minimum absolute atomic E-state index is 0. The predicted molar refractivity (Wildman–Crippen MR) is 96.7 cm³/mol. The maximum Gasteiger partial charge on any atom is 0.245 e. The van der Waals surface area contributed by atoms with Crippen LogP contribution in [0.1, 0.15) is 47.0 Å². The van der Waals surface area contributed by atoms with Gasteiger partial charge in [0.05, 0.1) is 0 Å². The summed E-state index contributed by atoms with van der Waals surface area (Å²) in [6, 6.07) is -0.403. The maximum absolute atomic E-state index is 12.8. The number of rotatable bonds is 7. The van der Waals surface area contributed by atoms with Gasteiger partial charge in [-0.3, -0.25) is 9.59 Å². The fraction of sp³-hybridized carbons (Fsp3) is 0.882. The van der Waals surface area contributed by atoms with Gasteiger partial charge in [0.15, 0.2) is 0 Å². The van der Waals surface area contributed by atoms with Gasteiger partial charge in [-0.25, -0.2) is 0 Å². The van der Waals surface area contributed by atoms with Crippen molar-refractivity contribution in [3.05, 3.63) is 0 Å². The van der Waals surface area contributed by atoms with Crippen LogP contribution in [0, 0.1) is 17.8 Å². The molecule has 1 aliphatic rings. The summed E-state index contributed by atoms with van der Waals surface area (Å²) in [6.45, 7) is 10.6. The van der Waals surface area contributed by atoms with Crippen LogP contribution in [-0.4, -0.2) is 49.4 Å². The van der Waals surface area contributed by atoms with Crippen molar-refractivity contribution in [2.24, 2.45) is 17.8 Å². The van der Waals surface area contributed by atoms with Crippen LogP contribution in [0.15, 0.2) is 0 Å². The van der Waals surface area contributed by atoms with Crippen molar-refractivity contribution in [2.75, 3.05) is 26.7 Å². The minimum Gasteiger partial charge on any atom is -0.344 e. The molecule has 0 aromatic rings. The molecule has 5 nitrogen and oxygen atoms in total. The van der Waals surface area contributed by atoms with Crippen LogP contribution in [0.3, 0.4) is 0 Å². The molecule has 0 radical (unpaired) electrons. The molecule has 0 aromatic heterocycles. The van der Waals surface area contributed by atoms with Crippen molar-refractivity contribution in [3.63, 3.8) is 0 Å². The van der Waals surface area contributed by atoms with Gasteiger partial charge in [-0.05, 0) is 44.2 Å². The van der Waals surface area contributed by atoms with Crippen LogP contribution in [-0.2, 0) is 9.59 Å². The molecule has 0 aromatic carbocycles. The molecule has 2 unspecified atom stereocenters. The van der Waals surface area contributed by atoms with Gasteiger partial charge in [-0.2, -0.15) is 0 Å². The Morgan fingerprint density at radius 3 is 2.39 bits per heavy atom. The molecule has 0 spiro atoms. The Morgan fingerprint density at radius 1 is 1.22 bits per heavy atom. The zero-order chi connectivity index (χ0) is 16.7. The molecule has 1 heterocycles. The Balaban J connectivity index is 0.00000484. The van der Waals surface area contributed by atoms with E-state index in [0.29, 0.717) is 18.3 Å². The zero-order valence-corrected chi connectivity index (χ0v) is 16.0. The predicted octanol–water partition coefficient (Wildman–Crippen LogP) is 2.05. The van der Waals surface area contributed by atoms with Gasteiger partial charge in [0, 0.05) is 19.5 Å². The van der Waals surface area contributed by atoms with Crippen LogP contribution >= 0.6 is 12.4 Å². The van der Waals surface area contributed by atoms with E-state index in [9.17, 15) is 9.59 Å². The molecule has 2 amide bonds.